The topological polar surface area (TPSA) is 52.6 Å². The van der Waals surface area contributed by atoms with E-state index in [1.165, 1.54) is 0 Å². The van der Waals surface area contributed by atoms with E-state index in [1.54, 1.807) is 12.1 Å². The number of aliphatic hydroxyl groups is 1. The lowest BCUT2D eigenvalue weighted by atomic mass is 9.87. The molecule has 1 aliphatic heterocycles. The van der Waals surface area contributed by atoms with Gasteiger partial charge in [-0.15, -0.1) is 0 Å². The van der Waals surface area contributed by atoms with E-state index < -0.39 is 5.60 Å². The van der Waals surface area contributed by atoms with Crippen molar-refractivity contribution >= 4 is 23.3 Å². The van der Waals surface area contributed by atoms with Crippen LogP contribution in [0.5, 0.6) is 0 Å². The maximum Gasteiger partial charge on any atom is 0.321 e. The predicted molar refractivity (Wildman–Crippen MR) is 103 cm³/mol. The first kappa shape index (κ1) is 17.4. The van der Waals surface area contributed by atoms with E-state index in [-0.39, 0.29) is 6.03 Å². The molecule has 2 aromatic carbocycles. The van der Waals surface area contributed by atoms with Gasteiger partial charge in [0.25, 0.3) is 0 Å². The fraction of sp³-hybridized carbons (Fsp3) is 0.381. The maximum atomic E-state index is 12.6. The predicted octanol–water partition coefficient (Wildman–Crippen LogP) is 4.41. The van der Waals surface area contributed by atoms with Crippen molar-refractivity contribution in [3.63, 3.8) is 0 Å². The van der Waals surface area contributed by atoms with Crippen LogP contribution in [0.1, 0.15) is 24.0 Å². The Kier molecular flexibility index (Phi) is 4.41. The Hall–Kier alpha value is -2.04. The summed E-state index contributed by atoms with van der Waals surface area (Å²) in [5.74, 6) is 0.675. The summed E-state index contributed by atoms with van der Waals surface area (Å²) in [5.41, 5.74) is 2.10. The molecule has 2 fully saturated rings. The first-order chi connectivity index (χ1) is 12.4. The number of hydrogen-bond acceptors (Lipinski definition) is 2. The van der Waals surface area contributed by atoms with E-state index in [2.05, 4.69) is 5.32 Å². The van der Waals surface area contributed by atoms with Crippen molar-refractivity contribution in [2.45, 2.75) is 25.4 Å². The molecular weight excluding hydrogens is 348 g/mol. The van der Waals surface area contributed by atoms with Gasteiger partial charge in [0.2, 0.25) is 0 Å². The number of amides is 2. The molecule has 1 aliphatic carbocycles. The monoisotopic (exact) mass is 370 g/mol. The molecule has 2 N–H and O–H groups in total. The second kappa shape index (κ2) is 6.60. The molecule has 0 unspecified atom stereocenters. The number of halogens is 1. The van der Waals surface area contributed by atoms with Gasteiger partial charge in [-0.3, -0.25) is 0 Å². The van der Waals surface area contributed by atoms with Crippen molar-refractivity contribution < 1.29 is 9.90 Å². The molecule has 0 aromatic heterocycles. The van der Waals surface area contributed by atoms with Crippen LogP contribution in [-0.2, 0) is 5.60 Å². The van der Waals surface area contributed by atoms with E-state index in [1.807, 2.05) is 48.2 Å². The summed E-state index contributed by atoms with van der Waals surface area (Å²) >= 11 is 5.98. The second-order valence-corrected chi connectivity index (χ2v) is 8.06. The van der Waals surface area contributed by atoms with Gasteiger partial charge >= 0.3 is 6.03 Å². The van der Waals surface area contributed by atoms with Gasteiger partial charge in [0.1, 0.15) is 0 Å². The highest BCUT2D eigenvalue weighted by Crippen LogP contribution is 2.49. The van der Waals surface area contributed by atoms with Crippen molar-refractivity contribution in [1.29, 1.82) is 0 Å². The number of benzene rings is 2. The highest BCUT2D eigenvalue weighted by Gasteiger charge is 2.50. The maximum absolute atomic E-state index is 12.6. The lowest BCUT2D eigenvalue weighted by Crippen LogP contribution is -2.35. The fourth-order valence-corrected chi connectivity index (χ4v) is 4.79. The Morgan fingerprint density at radius 3 is 2.50 bits per heavy atom. The summed E-state index contributed by atoms with van der Waals surface area (Å²) in [7, 11) is 0. The van der Waals surface area contributed by atoms with Crippen molar-refractivity contribution in [1.82, 2.24) is 4.90 Å². The summed E-state index contributed by atoms with van der Waals surface area (Å²) in [6.45, 7) is 3.42. The smallest absolute Gasteiger partial charge is 0.321 e. The molecule has 2 aromatic rings. The molecule has 4 nitrogen and oxygen atoms in total. The van der Waals surface area contributed by atoms with Crippen LogP contribution in [0.3, 0.4) is 0 Å². The van der Waals surface area contributed by atoms with Crippen LogP contribution >= 0.6 is 11.6 Å². The Bertz CT molecular complexity index is 824. The van der Waals surface area contributed by atoms with Gasteiger partial charge in [0.15, 0.2) is 0 Å². The number of nitrogens with zero attached hydrogens (tertiary/aromatic N) is 1. The largest absolute Gasteiger partial charge is 0.385 e. The number of urea groups is 1. The van der Waals surface area contributed by atoms with Crippen molar-refractivity contribution in [3.05, 3.63) is 64.7 Å². The summed E-state index contributed by atoms with van der Waals surface area (Å²) < 4.78 is 0. The lowest BCUT2D eigenvalue weighted by molar-refractivity contribution is 0.0322. The Labute approximate surface area is 158 Å². The second-order valence-electron chi connectivity index (χ2n) is 7.62. The molecule has 0 spiro atoms. The Balaban J connectivity index is 1.42. The third kappa shape index (κ3) is 3.19. The van der Waals surface area contributed by atoms with Gasteiger partial charge in [-0.25, -0.2) is 4.79 Å². The number of nitrogens with one attached hydrogen (secondary N) is 1. The molecule has 1 saturated heterocycles. The molecule has 1 heterocycles. The molecule has 26 heavy (non-hydrogen) atoms. The number of carbonyl (C=O) groups is 1. The minimum Gasteiger partial charge on any atom is -0.385 e. The molecule has 5 heteroatoms. The molecular formula is C21H23ClN2O2. The van der Waals surface area contributed by atoms with Crippen LogP contribution in [0.15, 0.2) is 48.5 Å². The van der Waals surface area contributed by atoms with Crippen LogP contribution in [0.25, 0.3) is 0 Å². The fourth-order valence-electron chi connectivity index (χ4n) is 4.60. The van der Waals surface area contributed by atoms with Gasteiger partial charge in [-0.05, 0) is 60.9 Å². The Morgan fingerprint density at radius 2 is 1.85 bits per heavy atom. The third-order valence-corrected chi connectivity index (χ3v) is 6.02. The first-order valence-corrected chi connectivity index (χ1v) is 9.42. The number of aryl methyl sites for hydroxylation is 1. The average Bonchev–Trinajstić information content (AvgIpc) is 3.11. The molecule has 0 radical (unpaired) electrons. The number of fused-ring (bicyclic) bond motifs is 1. The highest BCUT2D eigenvalue weighted by atomic mass is 35.5. The first-order valence-electron chi connectivity index (χ1n) is 9.04. The summed E-state index contributed by atoms with van der Waals surface area (Å²) in [4.78, 5) is 14.4. The van der Waals surface area contributed by atoms with Crippen LogP contribution in [-0.4, -0.2) is 29.1 Å². The van der Waals surface area contributed by atoms with E-state index in [9.17, 15) is 9.90 Å². The molecule has 1 saturated carbocycles. The zero-order valence-corrected chi connectivity index (χ0v) is 15.5. The number of anilines is 1. The number of carbonyl (C=O) groups excluding carboxylic acids is 1. The third-order valence-electron chi connectivity index (χ3n) is 5.79. The van der Waals surface area contributed by atoms with E-state index in [4.69, 9.17) is 11.6 Å². The molecule has 4 rings (SSSR count). The molecule has 2 aliphatic rings. The minimum absolute atomic E-state index is 0.0962. The van der Waals surface area contributed by atoms with Crippen LogP contribution in [0.2, 0.25) is 5.02 Å². The number of likely N-dealkylation sites (tertiary alicyclic amines) is 1. The van der Waals surface area contributed by atoms with Gasteiger partial charge in [0.05, 0.1) is 5.60 Å². The highest BCUT2D eigenvalue weighted by molar-refractivity contribution is 6.30. The summed E-state index contributed by atoms with van der Waals surface area (Å²) in [6, 6.07) is 15.1. The molecule has 136 valence electrons. The molecule has 2 amide bonds. The minimum atomic E-state index is -0.768. The van der Waals surface area contributed by atoms with Gasteiger partial charge in [-0.1, -0.05) is 41.9 Å². The van der Waals surface area contributed by atoms with Crippen molar-refractivity contribution in [2.24, 2.45) is 11.8 Å². The van der Waals surface area contributed by atoms with Gasteiger partial charge < -0.3 is 15.3 Å². The zero-order chi connectivity index (χ0) is 18.3. The van der Waals surface area contributed by atoms with Crippen LogP contribution < -0.4 is 5.32 Å². The van der Waals surface area contributed by atoms with E-state index >= 15 is 0 Å². The van der Waals surface area contributed by atoms with Crippen molar-refractivity contribution in [3.8, 4) is 0 Å². The molecule has 0 bridgehead atoms. The average molecular weight is 371 g/mol. The van der Waals surface area contributed by atoms with E-state index in [0.29, 0.717) is 48.5 Å². The van der Waals surface area contributed by atoms with Gasteiger partial charge in [0, 0.05) is 23.8 Å². The molecule has 3 atom stereocenters. The van der Waals surface area contributed by atoms with Crippen molar-refractivity contribution in [2.75, 3.05) is 18.4 Å². The standard InChI is InChI=1S/C21H23ClN2O2/c1-14-5-2-3-8-19(14)21(26)10-15-12-24(13-16(15)11-21)20(25)23-18-7-4-6-17(22)9-18/h2-9,15-16,26H,10-13H2,1H3,(H,23,25)/t15-,16+,21-. The quantitative estimate of drug-likeness (QED) is 0.822. The zero-order valence-electron chi connectivity index (χ0n) is 14.8. The normalized spacial score (nSPS) is 27.4. The SMILES string of the molecule is Cc1ccccc1[C@]1(O)C[C@H]2CN(C(=O)Nc3cccc(Cl)c3)C[C@H]2C1. The Morgan fingerprint density at radius 1 is 1.15 bits per heavy atom. The van der Waals surface area contributed by atoms with Crippen LogP contribution in [0, 0.1) is 18.8 Å². The summed E-state index contributed by atoms with van der Waals surface area (Å²) in [6.07, 6.45) is 1.42. The number of hydrogen-bond donors (Lipinski definition) is 2. The lowest BCUT2D eigenvalue weighted by Gasteiger charge is -2.28. The van der Waals surface area contributed by atoms with Crippen LogP contribution in [0.4, 0.5) is 10.5 Å². The van der Waals surface area contributed by atoms with Gasteiger partial charge in [-0.2, -0.15) is 0 Å². The summed E-state index contributed by atoms with van der Waals surface area (Å²) in [5, 5.41) is 14.7. The van der Waals surface area contributed by atoms with E-state index in [0.717, 1.165) is 11.1 Å². The number of rotatable bonds is 2.